The van der Waals surface area contributed by atoms with Gasteiger partial charge in [-0.2, -0.15) is 0 Å². The molecule has 1 N–H and O–H groups in total. The highest BCUT2D eigenvalue weighted by atomic mass is 19.1. The summed E-state index contributed by atoms with van der Waals surface area (Å²) in [5.41, 5.74) is -0.445. The van der Waals surface area contributed by atoms with Gasteiger partial charge in [-0.1, -0.05) is 34.6 Å². The summed E-state index contributed by atoms with van der Waals surface area (Å²) in [6.45, 7) is 19.7. The lowest BCUT2D eigenvalue weighted by atomic mass is 9.86. The van der Waals surface area contributed by atoms with Gasteiger partial charge in [0.15, 0.2) is 6.10 Å². The molecule has 0 aromatic rings. The summed E-state index contributed by atoms with van der Waals surface area (Å²) in [6.07, 6.45) is 0.0589. The Labute approximate surface area is 232 Å². The van der Waals surface area contributed by atoms with Crippen LogP contribution < -0.4 is 5.32 Å². The third-order valence-electron chi connectivity index (χ3n) is 5.37. The third-order valence-corrected chi connectivity index (χ3v) is 5.37. The summed E-state index contributed by atoms with van der Waals surface area (Å²) >= 11 is 0. The topological polar surface area (TPSA) is 120 Å². The largest absolute Gasteiger partial charge is 0.457 e. The van der Waals surface area contributed by atoms with Crippen LogP contribution in [-0.4, -0.2) is 86.3 Å². The monoisotopic (exact) mass is 558 g/mol. The van der Waals surface area contributed by atoms with Gasteiger partial charge in [0.05, 0.1) is 25.7 Å². The minimum atomic E-state index is -1.59. The SMILES string of the molecule is C1COCCN1.CC.CC.CC(=O)OC(C(=O)OC(C)(C)C)C1OCCN(C2=CC=C(F)C(C=O)C2C)C1=O. The number of rotatable bonds is 5. The van der Waals surface area contributed by atoms with Crippen LogP contribution in [0.3, 0.4) is 0 Å². The Morgan fingerprint density at radius 1 is 1.13 bits per heavy atom. The normalized spacial score (nSPS) is 23.5. The lowest BCUT2D eigenvalue weighted by molar-refractivity contribution is -0.192. The lowest BCUT2D eigenvalue weighted by Gasteiger charge is -2.39. The van der Waals surface area contributed by atoms with Crippen LogP contribution in [0, 0.1) is 11.8 Å². The van der Waals surface area contributed by atoms with Crippen molar-refractivity contribution in [3.63, 3.8) is 0 Å². The molecular weight excluding hydrogens is 511 g/mol. The molecule has 10 nitrogen and oxygen atoms in total. The summed E-state index contributed by atoms with van der Waals surface area (Å²) in [5, 5.41) is 3.16. The molecule has 224 valence electrons. The van der Waals surface area contributed by atoms with Gasteiger partial charge in [0.25, 0.3) is 5.91 Å². The molecule has 0 saturated carbocycles. The molecule has 0 aromatic heterocycles. The fourth-order valence-electron chi connectivity index (χ4n) is 3.74. The van der Waals surface area contributed by atoms with Gasteiger partial charge in [0.2, 0.25) is 6.10 Å². The van der Waals surface area contributed by atoms with Crippen LogP contribution in [0.5, 0.6) is 0 Å². The van der Waals surface area contributed by atoms with Crippen LogP contribution in [0.2, 0.25) is 0 Å². The fraction of sp³-hybridized carbons (Fsp3) is 0.714. The maximum Gasteiger partial charge on any atom is 0.351 e. The molecular formula is C28H47FN2O8. The zero-order chi connectivity index (χ0) is 30.2. The number of ether oxygens (including phenoxy) is 4. The highest BCUT2D eigenvalue weighted by Gasteiger charge is 2.46. The molecule has 0 radical (unpaired) electrons. The second-order valence-electron chi connectivity index (χ2n) is 9.30. The van der Waals surface area contributed by atoms with Gasteiger partial charge in [-0.3, -0.25) is 9.59 Å². The molecule has 3 rings (SSSR count). The maximum atomic E-state index is 13.9. The molecule has 39 heavy (non-hydrogen) atoms. The quantitative estimate of drug-likeness (QED) is 0.400. The number of esters is 2. The van der Waals surface area contributed by atoms with Crippen LogP contribution in [0.1, 0.15) is 62.3 Å². The Balaban J connectivity index is 0.00000123. The van der Waals surface area contributed by atoms with Crippen LogP contribution in [0.15, 0.2) is 23.7 Å². The molecule has 4 atom stereocenters. The second kappa shape index (κ2) is 18.6. The molecule has 2 saturated heterocycles. The van der Waals surface area contributed by atoms with Crippen molar-refractivity contribution in [3.05, 3.63) is 23.7 Å². The van der Waals surface area contributed by atoms with Crippen molar-refractivity contribution in [2.75, 3.05) is 39.5 Å². The third kappa shape index (κ3) is 12.0. The molecule has 2 aliphatic heterocycles. The Bertz CT molecular complexity index is 837. The summed E-state index contributed by atoms with van der Waals surface area (Å²) in [7, 11) is 0. The standard InChI is InChI=1S/C20H26FNO7.C4H9NO.2C2H6/c1-11-13(10-23)14(21)6-7-15(11)22-8-9-27-16(18(22)25)17(28-12(2)24)19(26)29-20(3,4)5;1-3-6-4-2-5-1;2*1-2/h6-7,10-11,13,16-17H,8-9H2,1-5H3;5H,1-4H2;2*1-2H3. The average molecular weight is 559 g/mol. The molecule has 2 heterocycles. The van der Waals surface area contributed by atoms with E-state index in [1.54, 1.807) is 27.7 Å². The number of aldehydes is 1. The van der Waals surface area contributed by atoms with Crippen molar-refractivity contribution in [2.45, 2.75) is 80.1 Å². The van der Waals surface area contributed by atoms with E-state index in [1.807, 2.05) is 27.7 Å². The van der Waals surface area contributed by atoms with Gasteiger partial charge >= 0.3 is 11.9 Å². The maximum absolute atomic E-state index is 13.9. The van der Waals surface area contributed by atoms with Gasteiger partial charge in [-0.25, -0.2) is 9.18 Å². The number of nitrogens with zero attached hydrogens (tertiary/aromatic N) is 1. The molecule has 1 aliphatic carbocycles. The van der Waals surface area contributed by atoms with Gasteiger partial charge in [-0.05, 0) is 32.9 Å². The van der Waals surface area contributed by atoms with Crippen LogP contribution in [0.4, 0.5) is 4.39 Å². The van der Waals surface area contributed by atoms with Gasteiger partial charge in [0, 0.05) is 38.2 Å². The Morgan fingerprint density at radius 2 is 1.72 bits per heavy atom. The van der Waals surface area contributed by atoms with Crippen molar-refractivity contribution in [2.24, 2.45) is 11.8 Å². The van der Waals surface area contributed by atoms with E-state index in [-0.39, 0.29) is 13.2 Å². The number of carbonyl (C=O) groups is 4. The Morgan fingerprint density at radius 3 is 2.15 bits per heavy atom. The number of nitrogens with one attached hydrogen (secondary N) is 1. The minimum Gasteiger partial charge on any atom is -0.457 e. The molecule has 1 amide bonds. The van der Waals surface area contributed by atoms with E-state index in [9.17, 15) is 23.6 Å². The van der Waals surface area contributed by atoms with E-state index in [2.05, 4.69) is 5.32 Å². The van der Waals surface area contributed by atoms with E-state index >= 15 is 0 Å². The van der Waals surface area contributed by atoms with Crippen LogP contribution >= 0.6 is 0 Å². The van der Waals surface area contributed by atoms with Crippen molar-refractivity contribution in [1.29, 1.82) is 0 Å². The van der Waals surface area contributed by atoms with E-state index < -0.39 is 53.3 Å². The zero-order valence-corrected chi connectivity index (χ0v) is 24.9. The lowest BCUT2D eigenvalue weighted by Crippen LogP contribution is -2.56. The summed E-state index contributed by atoms with van der Waals surface area (Å²) in [4.78, 5) is 49.8. The summed E-state index contributed by atoms with van der Waals surface area (Å²) in [5.74, 6) is -4.49. The first kappa shape index (κ1) is 36.4. The first-order valence-corrected chi connectivity index (χ1v) is 13.6. The van der Waals surface area contributed by atoms with E-state index in [0.29, 0.717) is 12.0 Å². The zero-order valence-electron chi connectivity index (χ0n) is 24.9. The fourth-order valence-corrected chi connectivity index (χ4v) is 3.74. The van der Waals surface area contributed by atoms with E-state index in [1.165, 1.54) is 11.0 Å². The van der Waals surface area contributed by atoms with Crippen molar-refractivity contribution < 1.29 is 42.5 Å². The van der Waals surface area contributed by atoms with Crippen LogP contribution in [-0.2, 0) is 38.1 Å². The molecule has 11 heteroatoms. The average Bonchev–Trinajstić information content (AvgIpc) is 2.91. The number of hydrogen-bond donors (Lipinski definition) is 1. The van der Waals surface area contributed by atoms with E-state index in [4.69, 9.17) is 18.9 Å². The van der Waals surface area contributed by atoms with Crippen molar-refractivity contribution >= 4 is 24.1 Å². The minimum absolute atomic E-state index is 0.0545. The highest BCUT2D eigenvalue weighted by Crippen LogP contribution is 2.34. The first-order chi connectivity index (χ1) is 18.5. The molecule has 4 unspecified atom stereocenters. The van der Waals surface area contributed by atoms with Crippen molar-refractivity contribution in [3.8, 4) is 0 Å². The molecule has 0 aromatic carbocycles. The number of halogens is 1. The van der Waals surface area contributed by atoms with Gasteiger partial charge in [-0.15, -0.1) is 0 Å². The number of hydrogen-bond acceptors (Lipinski definition) is 9. The number of allylic oxidation sites excluding steroid dienone is 4. The highest BCUT2D eigenvalue weighted by molar-refractivity contribution is 5.91. The summed E-state index contributed by atoms with van der Waals surface area (Å²) in [6, 6.07) is 0. The van der Waals surface area contributed by atoms with Crippen molar-refractivity contribution in [1.82, 2.24) is 10.2 Å². The molecule has 0 spiro atoms. The number of amides is 1. The first-order valence-electron chi connectivity index (χ1n) is 13.6. The van der Waals surface area contributed by atoms with Crippen LogP contribution in [0.25, 0.3) is 0 Å². The van der Waals surface area contributed by atoms with Gasteiger partial charge in [0.1, 0.15) is 17.7 Å². The predicted molar refractivity (Wildman–Crippen MR) is 145 cm³/mol. The van der Waals surface area contributed by atoms with Gasteiger partial charge < -0.3 is 34.0 Å². The Kier molecular flexibility index (Phi) is 17.4. The summed E-state index contributed by atoms with van der Waals surface area (Å²) < 4.78 is 34.7. The second-order valence-corrected chi connectivity index (χ2v) is 9.30. The number of carbonyl (C=O) groups excluding carboxylic acids is 4. The molecule has 2 fully saturated rings. The smallest absolute Gasteiger partial charge is 0.351 e. The molecule has 0 bridgehead atoms. The number of morpholine rings is 2. The predicted octanol–water partition coefficient (Wildman–Crippen LogP) is 3.35. The molecule has 3 aliphatic rings. The Hall–Kier alpha value is -2.63. The van der Waals surface area contributed by atoms with E-state index in [0.717, 1.165) is 39.3 Å².